The largest absolute Gasteiger partial charge is 0.496 e. The van der Waals surface area contributed by atoms with Crippen LogP contribution < -0.4 is 4.74 Å². The molecule has 140 valence electrons. The number of nitrogens with zero attached hydrogens (tertiary/aromatic N) is 1. The molecule has 2 aliphatic rings. The highest BCUT2D eigenvalue weighted by atomic mass is 16.5. The fourth-order valence-electron chi connectivity index (χ4n) is 5.21. The van der Waals surface area contributed by atoms with Gasteiger partial charge >= 0.3 is 0 Å². The molecule has 0 aromatic heterocycles. The molecule has 0 unspecified atom stereocenters. The topological polar surface area (TPSA) is 32.7 Å². The summed E-state index contributed by atoms with van der Waals surface area (Å²) in [6.45, 7) is 6.03. The van der Waals surface area contributed by atoms with Crippen LogP contribution in [0.3, 0.4) is 0 Å². The molecule has 0 spiro atoms. The van der Waals surface area contributed by atoms with E-state index in [0.717, 1.165) is 38.1 Å². The van der Waals surface area contributed by atoms with Crippen molar-refractivity contribution in [2.75, 3.05) is 13.7 Å². The minimum atomic E-state index is -0.181. The van der Waals surface area contributed by atoms with Crippen molar-refractivity contribution < 1.29 is 9.84 Å². The first-order chi connectivity index (χ1) is 13.0. The maximum atomic E-state index is 10.2. The summed E-state index contributed by atoms with van der Waals surface area (Å²) in [5, 5.41) is 15.5. The van der Waals surface area contributed by atoms with Gasteiger partial charge in [-0.1, -0.05) is 23.8 Å². The summed E-state index contributed by atoms with van der Waals surface area (Å²) in [7, 11) is 1.76. The van der Waals surface area contributed by atoms with E-state index in [-0.39, 0.29) is 6.10 Å². The summed E-state index contributed by atoms with van der Waals surface area (Å²) >= 11 is 0. The summed E-state index contributed by atoms with van der Waals surface area (Å²) in [6.07, 6.45) is 2.88. The molecule has 2 atom stereocenters. The van der Waals surface area contributed by atoms with Crippen LogP contribution in [0.4, 0.5) is 0 Å². The van der Waals surface area contributed by atoms with Crippen molar-refractivity contribution >= 4 is 21.5 Å². The second-order valence-corrected chi connectivity index (χ2v) is 8.39. The first-order valence-electron chi connectivity index (χ1n) is 9.99. The first-order valence-corrected chi connectivity index (χ1v) is 9.99. The lowest BCUT2D eigenvalue weighted by Crippen LogP contribution is -2.48. The number of ether oxygens (including phenoxy) is 1. The summed E-state index contributed by atoms with van der Waals surface area (Å²) in [6, 6.07) is 11.9. The number of fused-ring (bicyclic) bond motifs is 7. The van der Waals surface area contributed by atoms with Gasteiger partial charge in [0.1, 0.15) is 5.75 Å². The van der Waals surface area contributed by atoms with Crippen LogP contribution in [0.5, 0.6) is 5.75 Å². The Kier molecular flexibility index (Phi) is 3.92. The average Bonchev–Trinajstić information content (AvgIpc) is 2.66. The van der Waals surface area contributed by atoms with Crippen LogP contribution in [-0.2, 0) is 13.0 Å². The summed E-state index contributed by atoms with van der Waals surface area (Å²) < 4.78 is 5.66. The van der Waals surface area contributed by atoms with Gasteiger partial charge in [-0.2, -0.15) is 0 Å². The van der Waals surface area contributed by atoms with Crippen molar-refractivity contribution in [1.82, 2.24) is 4.90 Å². The lowest BCUT2D eigenvalue weighted by Gasteiger charge is -2.42. The number of aliphatic hydroxyl groups is 1. The maximum Gasteiger partial charge on any atom is 0.122 e. The molecule has 2 aliphatic heterocycles. The Balaban J connectivity index is 1.83. The average molecular weight is 361 g/mol. The van der Waals surface area contributed by atoms with E-state index in [1.54, 1.807) is 7.11 Å². The normalized spacial score (nSPS) is 22.7. The van der Waals surface area contributed by atoms with Crippen molar-refractivity contribution in [1.29, 1.82) is 0 Å². The Hall–Kier alpha value is -2.10. The predicted octanol–water partition coefficient (Wildman–Crippen LogP) is 4.50. The third-order valence-electron chi connectivity index (χ3n) is 6.61. The van der Waals surface area contributed by atoms with Gasteiger partial charge in [0.05, 0.1) is 13.2 Å². The molecule has 0 amide bonds. The van der Waals surface area contributed by atoms with Gasteiger partial charge < -0.3 is 9.84 Å². The Labute approximate surface area is 160 Å². The van der Waals surface area contributed by atoms with E-state index in [1.807, 2.05) is 0 Å². The zero-order valence-electron chi connectivity index (χ0n) is 16.4. The van der Waals surface area contributed by atoms with Gasteiger partial charge in [0.25, 0.3) is 0 Å². The van der Waals surface area contributed by atoms with E-state index in [2.05, 4.69) is 49.1 Å². The van der Waals surface area contributed by atoms with E-state index in [0.29, 0.717) is 6.04 Å². The SMILES string of the molecule is COc1cc2c3c(c4ccc(C)cc4c2cc1C)CN1C[C@H](O)CC[C@@H]1C3. The van der Waals surface area contributed by atoms with Crippen molar-refractivity contribution in [3.05, 3.63) is 52.6 Å². The van der Waals surface area contributed by atoms with E-state index in [4.69, 9.17) is 4.74 Å². The number of benzene rings is 3. The molecule has 3 aromatic rings. The second kappa shape index (κ2) is 6.22. The first kappa shape index (κ1) is 17.0. The summed E-state index contributed by atoms with van der Waals surface area (Å²) in [5.41, 5.74) is 5.40. The number of aryl methyl sites for hydroxylation is 2. The molecule has 3 nitrogen and oxygen atoms in total. The highest BCUT2D eigenvalue weighted by Gasteiger charge is 2.33. The van der Waals surface area contributed by atoms with Crippen LogP contribution in [0.1, 0.15) is 35.1 Å². The van der Waals surface area contributed by atoms with E-state index in [1.165, 1.54) is 43.8 Å². The van der Waals surface area contributed by atoms with Crippen LogP contribution in [0.2, 0.25) is 0 Å². The molecule has 3 aromatic carbocycles. The molecule has 0 bridgehead atoms. The fraction of sp³-hybridized carbons (Fsp3) is 0.417. The van der Waals surface area contributed by atoms with E-state index < -0.39 is 0 Å². The molecule has 27 heavy (non-hydrogen) atoms. The van der Waals surface area contributed by atoms with Gasteiger partial charge in [0.15, 0.2) is 0 Å². The van der Waals surface area contributed by atoms with Gasteiger partial charge in [-0.05, 0) is 83.5 Å². The number of rotatable bonds is 1. The molecule has 0 aliphatic carbocycles. The molecule has 5 rings (SSSR count). The van der Waals surface area contributed by atoms with Crippen molar-refractivity contribution in [3.63, 3.8) is 0 Å². The third-order valence-corrected chi connectivity index (χ3v) is 6.61. The second-order valence-electron chi connectivity index (χ2n) is 8.39. The van der Waals surface area contributed by atoms with Crippen LogP contribution in [-0.4, -0.2) is 35.8 Å². The lowest BCUT2D eigenvalue weighted by molar-refractivity contribution is 0.0256. The van der Waals surface area contributed by atoms with Gasteiger partial charge in [0, 0.05) is 19.1 Å². The number of aliphatic hydroxyl groups excluding tert-OH is 1. The predicted molar refractivity (Wildman–Crippen MR) is 111 cm³/mol. The van der Waals surface area contributed by atoms with Crippen LogP contribution in [0.25, 0.3) is 21.5 Å². The molecular formula is C24H27NO2. The molecule has 0 saturated carbocycles. The Morgan fingerprint density at radius 2 is 1.78 bits per heavy atom. The molecule has 1 fully saturated rings. The molecule has 3 heteroatoms. The van der Waals surface area contributed by atoms with Crippen molar-refractivity contribution in [2.24, 2.45) is 0 Å². The Morgan fingerprint density at radius 3 is 2.59 bits per heavy atom. The van der Waals surface area contributed by atoms with Gasteiger partial charge in [-0.25, -0.2) is 0 Å². The van der Waals surface area contributed by atoms with Gasteiger partial charge in [0.2, 0.25) is 0 Å². The molecule has 0 radical (unpaired) electrons. The van der Waals surface area contributed by atoms with Gasteiger partial charge in [-0.15, -0.1) is 0 Å². The minimum absolute atomic E-state index is 0.181. The number of methoxy groups -OCH3 is 1. The number of hydrogen-bond acceptors (Lipinski definition) is 3. The minimum Gasteiger partial charge on any atom is -0.496 e. The molecular weight excluding hydrogens is 334 g/mol. The fourth-order valence-corrected chi connectivity index (χ4v) is 5.21. The molecule has 1 saturated heterocycles. The standard InChI is InChI=1S/C24H27NO2/c1-14-4-7-18-19(8-14)20-9-15(2)24(27-3)11-22(20)21-10-16-5-6-17(26)12-25(16)13-23(18)21/h4,7-9,11,16-17,26H,5-6,10,12-13H2,1-3H3/t16-,17-/m1/s1. The van der Waals surface area contributed by atoms with E-state index >= 15 is 0 Å². The number of piperidine rings is 1. The number of hydrogen-bond donors (Lipinski definition) is 1. The van der Waals surface area contributed by atoms with Crippen LogP contribution in [0, 0.1) is 13.8 Å². The van der Waals surface area contributed by atoms with Crippen LogP contribution in [0.15, 0.2) is 30.3 Å². The van der Waals surface area contributed by atoms with Crippen molar-refractivity contribution in [2.45, 2.75) is 51.8 Å². The van der Waals surface area contributed by atoms with Gasteiger partial charge in [-0.3, -0.25) is 4.90 Å². The zero-order chi connectivity index (χ0) is 18.7. The highest BCUT2D eigenvalue weighted by Crippen LogP contribution is 2.41. The van der Waals surface area contributed by atoms with E-state index in [9.17, 15) is 5.11 Å². The Morgan fingerprint density at radius 1 is 0.963 bits per heavy atom. The lowest BCUT2D eigenvalue weighted by atomic mass is 9.81. The molecule has 1 N–H and O–H groups in total. The maximum absolute atomic E-state index is 10.2. The summed E-state index contributed by atoms with van der Waals surface area (Å²) in [4.78, 5) is 2.49. The third kappa shape index (κ3) is 2.64. The van der Waals surface area contributed by atoms with Crippen molar-refractivity contribution in [3.8, 4) is 5.75 Å². The quantitative estimate of drug-likeness (QED) is 0.648. The molecule has 2 heterocycles. The monoisotopic (exact) mass is 361 g/mol. The zero-order valence-corrected chi connectivity index (χ0v) is 16.4. The highest BCUT2D eigenvalue weighted by molar-refractivity contribution is 6.11. The summed E-state index contributed by atoms with van der Waals surface area (Å²) in [5.74, 6) is 0.971. The smallest absolute Gasteiger partial charge is 0.122 e. The van der Waals surface area contributed by atoms with Crippen LogP contribution >= 0.6 is 0 Å². The Bertz CT molecular complexity index is 1060.